The van der Waals surface area contributed by atoms with Crippen LogP contribution in [0.15, 0.2) is 27.4 Å². The van der Waals surface area contributed by atoms with Crippen molar-refractivity contribution in [3.05, 3.63) is 28.7 Å². The van der Waals surface area contributed by atoms with Gasteiger partial charge in [-0.05, 0) is 23.8 Å². The van der Waals surface area contributed by atoms with Gasteiger partial charge in [-0.25, -0.2) is 4.79 Å². The molecule has 1 unspecified atom stereocenters. The van der Waals surface area contributed by atoms with Gasteiger partial charge in [-0.15, -0.1) is 0 Å². The summed E-state index contributed by atoms with van der Waals surface area (Å²) in [4.78, 5) is 27.2. The number of rotatable bonds is 2. The van der Waals surface area contributed by atoms with E-state index in [1.807, 2.05) is 6.07 Å². The van der Waals surface area contributed by atoms with Crippen molar-refractivity contribution in [2.45, 2.75) is 6.42 Å². The van der Waals surface area contributed by atoms with Crippen molar-refractivity contribution >= 4 is 35.3 Å². The molecule has 0 aliphatic carbocycles. The molecule has 1 aromatic heterocycles. The molecule has 0 bridgehead atoms. The van der Waals surface area contributed by atoms with E-state index in [0.717, 1.165) is 5.69 Å². The van der Waals surface area contributed by atoms with Crippen molar-refractivity contribution in [3.8, 4) is 0 Å². The highest BCUT2D eigenvalue weighted by molar-refractivity contribution is 7.80. The number of carbonyl (C=O) groups is 1. The zero-order valence-electron chi connectivity index (χ0n) is 9.55. The van der Waals surface area contributed by atoms with E-state index < -0.39 is 5.76 Å². The number of aromatic nitrogens is 1. The molecule has 1 aliphatic rings. The Kier molecular flexibility index (Phi) is 2.66. The van der Waals surface area contributed by atoms with E-state index in [9.17, 15) is 9.59 Å². The largest absolute Gasteiger partial charge is 0.417 e. The fraction of sp³-hybridized carbons (Fsp3) is 0.333. The van der Waals surface area contributed by atoms with Crippen LogP contribution in [0, 0.1) is 5.92 Å². The summed E-state index contributed by atoms with van der Waals surface area (Å²) in [6.07, 6.45) is 0.526. The van der Waals surface area contributed by atoms with Crippen LogP contribution in [0.5, 0.6) is 0 Å². The number of thiol groups is 1. The molecule has 1 amide bonds. The second-order valence-electron chi connectivity index (χ2n) is 4.45. The Morgan fingerprint density at radius 3 is 3.00 bits per heavy atom. The van der Waals surface area contributed by atoms with Crippen LogP contribution in [0.3, 0.4) is 0 Å². The maximum Gasteiger partial charge on any atom is 0.417 e. The molecule has 6 heteroatoms. The van der Waals surface area contributed by atoms with Gasteiger partial charge in [0, 0.05) is 24.7 Å². The van der Waals surface area contributed by atoms with Crippen LogP contribution >= 0.6 is 12.6 Å². The minimum Gasteiger partial charge on any atom is -0.408 e. The summed E-state index contributed by atoms with van der Waals surface area (Å²) in [5, 5.41) is 0. The fourth-order valence-electron chi connectivity index (χ4n) is 2.26. The van der Waals surface area contributed by atoms with Crippen LogP contribution < -0.4 is 10.7 Å². The molecule has 18 heavy (non-hydrogen) atoms. The lowest BCUT2D eigenvalue weighted by molar-refractivity contribution is -0.117. The normalized spacial score (nSPS) is 19.9. The van der Waals surface area contributed by atoms with Gasteiger partial charge in [0.05, 0.1) is 5.52 Å². The molecule has 1 aliphatic heterocycles. The number of anilines is 1. The molecular weight excluding hydrogens is 252 g/mol. The summed E-state index contributed by atoms with van der Waals surface area (Å²) >= 11 is 4.23. The molecule has 94 valence electrons. The number of amides is 1. The highest BCUT2D eigenvalue weighted by atomic mass is 32.1. The van der Waals surface area contributed by atoms with Crippen molar-refractivity contribution in [1.82, 2.24) is 4.98 Å². The number of oxazole rings is 1. The van der Waals surface area contributed by atoms with E-state index in [1.54, 1.807) is 17.0 Å². The molecule has 0 radical (unpaired) electrons. The van der Waals surface area contributed by atoms with Crippen molar-refractivity contribution in [1.29, 1.82) is 0 Å². The first-order chi connectivity index (χ1) is 8.67. The van der Waals surface area contributed by atoms with Gasteiger partial charge in [-0.2, -0.15) is 12.6 Å². The molecule has 5 nitrogen and oxygen atoms in total. The smallest absolute Gasteiger partial charge is 0.408 e. The second kappa shape index (κ2) is 4.20. The molecular formula is C12H12N2O3S. The summed E-state index contributed by atoms with van der Waals surface area (Å²) in [5.41, 5.74) is 1.88. The van der Waals surface area contributed by atoms with Gasteiger partial charge in [0.1, 0.15) is 0 Å². The first-order valence-corrected chi connectivity index (χ1v) is 6.34. The highest BCUT2D eigenvalue weighted by Gasteiger charge is 2.29. The SMILES string of the molecule is O=C1CC(CS)CN1c1ccc2[nH]c(=O)oc2c1. The average molecular weight is 264 g/mol. The first-order valence-electron chi connectivity index (χ1n) is 5.71. The van der Waals surface area contributed by atoms with E-state index in [1.165, 1.54) is 0 Å². The van der Waals surface area contributed by atoms with Gasteiger partial charge in [-0.3, -0.25) is 9.78 Å². The van der Waals surface area contributed by atoms with E-state index in [2.05, 4.69) is 17.6 Å². The van der Waals surface area contributed by atoms with Crippen molar-refractivity contribution < 1.29 is 9.21 Å². The zero-order chi connectivity index (χ0) is 12.7. The van der Waals surface area contributed by atoms with Crippen molar-refractivity contribution in [3.63, 3.8) is 0 Å². The van der Waals surface area contributed by atoms with Gasteiger partial charge in [-0.1, -0.05) is 0 Å². The quantitative estimate of drug-likeness (QED) is 0.806. The highest BCUT2D eigenvalue weighted by Crippen LogP contribution is 2.27. The Balaban J connectivity index is 1.99. The van der Waals surface area contributed by atoms with Gasteiger partial charge in [0.2, 0.25) is 5.91 Å². The number of H-pyrrole nitrogens is 1. The Labute approximate surface area is 108 Å². The van der Waals surface area contributed by atoms with Gasteiger partial charge < -0.3 is 9.32 Å². The predicted molar refractivity (Wildman–Crippen MR) is 71.1 cm³/mol. The number of nitrogens with zero attached hydrogens (tertiary/aromatic N) is 1. The first kappa shape index (κ1) is 11.4. The molecule has 3 rings (SSSR count). The minimum atomic E-state index is -0.483. The van der Waals surface area contributed by atoms with Gasteiger partial charge >= 0.3 is 5.76 Å². The van der Waals surface area contributed by atoms with Gasteiger partial charge in [0.15, 0.2) is 5.58 Å². The molecule has 1 N–H and O–H groups in total. The zero-order valence-corrected chi connectivity index (χ0v) is 10.4. The van der Waals surface area contributed by atoms with E-state index in [-0.39, 0.29) is 11.8 Å². The molecule has 1 aromatic carbocycles. The van der Waals surface area contributed by atoms with E-state index in [0.29, 0.717) is 29.8 Å². The number of hydrogen-bond donors (Lipinski definition) is 2. The summed E-state index contributed by atoms with van der Waals surface area (Å²) in [6.45, 7) is 0.669. The van der Waals surface area contributed by atoms with Crippen LogP contribution in [0.2, 0.25) is 0 Å². The number of aromatic amines is 1. The van der Waals surface area contributed by atoms with Crippen molar-refractivity contribution in [2.75, 3.05) is 17.2 Å². The Bertz CT molecular complexity index is 661. The summed E-state index contributed by atoms with van der Waals surface area (Å²) in [5.74, 6) is 0.591. The summed E-state index contributed by atoms with van der Waals surface area (Å²) in [7, 11) is 0. The maximum atomic E-state index is 11.9. The Morgan fingerprint density at radius 1 is 1.44 bits per heavy atom. The molecule has 0 saturated carbocycles. The molecule has 2 aromatic rings. The Morgan fingerprint density at radius 2 is 2.28 bits per heavy atom. The molecule has 1 atom stereocenters. The molecule has 0 spiro atoms. The fourth-order valence-corrected chi connectivity index (χ4v) is 2.50. The summed E-state index contributed by atoms with van der Waals surface area (Å²) in [6, 6.07) is 5.27. The van der Waals surface area contributed by atoms with Crippen molar-refractivity contribution in [2.24, 2.45) is 5.92 Å². The number of fused-ring (bicyclic) bond motifs is 1. The lowest BCUT2D eigenvalue weighted by Gasteiger charge is -2.16. The van der Waals surface area contributed by atoms with Crippen LogP contribution in [0.1, 0.15) is 6.42 Å². The van der Waals surface area contributed by atoms with Crippen LogP contribution in [0.4, 0.5) is 5.69 Å². The second-order valence-corrected chi connectivity index (χ2v) is 4.82. The lowest BCUT2D eigenvalue weighted by atomic mass is 10.1. The molecule has 1 fully saturated rings. The number of nitrogens with one attached hydrogen (secondary N) is 1. The van der Waals surface area contributed by atoms with Crippen LogP contribution in [-0.4, -0.2) is 23.2 Å². The van der Waals surface area contributed by atoms with Crippen LogP contribution in [0.25, 0.3) is 11.1 Å². The third-order valence-electron chi connectivity index (χ3n) is 3.18. The number of carbonyl (C=O) groups excluding carboxylic acids is 1. The predicted octanol–water partition coefficient (Wildman–Crippen LogP) is 1.40. The third kappa shape index (κ3) is 1.82. The van der Waals surface area contributed by atoms with Crippen LogP contribution in [-0.2, 0) is 4.79 Å². The monoisotopic (exact) mass is 264 g/mol. The molecule has 2 heterocycles. The Hall–Kier alpha value is -1.69. The van der Waals surface area contributed by atoms with E-state index in [4.69, 9.17) is 4.42 Å². The van der Waals surface area contributed by atoms with E-state index >= 15 is 0 Å². The maximum absolute atomic E-state index is 11.9. The average Bonchev–Trinajstić information content (AvgIpc) is 2.89. The minimum absolute atomic E-state index is 0.0892. The lowest BCUT2D eigenvalue weighted by Crippen LogP contribution is -2.24. The topological polar surface area (TPSA) is 66.3 Å². The number of benzene rings is 1. The summed E-state index contributed by atoms with van der Waals surface area (Å²) < 4.78 is 4.99. The standard InChI is InChI=1S/C12H12N2O3S/c15-11-3-7(6-18)5-14(11)8-1-2-9-10(4-8)17-12(16)13-9/h1-2,4,7,18H,3,5-6H2,(H,13,16). The molecule has 1 saturated heterocycles. The van der Waals surface area contributed by atoms with Gasteiger partial charge in [0.25, 0.3) is 0 Å². The third-order valence-corrected chi connectivity index (χ3v) is 3.70. The number of hydrogen-bond acceptors (Lipinski definition) is 4.